The molecule has 1 aromatic heterocycles. The number of likely N-dealkylation sites (tertiary alicyclic amines) is 1. The molecule has 1 aliphatic heterocycles. The van der Waals surface area contributed by atoms with Crippen LogP contribution >= 0.6 is 0 Å². The number of piperidine rings is 1. The molecule has 3 nitrogen and oxygen atoms in total. The maximum Gasteiger partial charge on any atom is 0.254 e. The van der Waals surface area contributed by atoms with Gasteiger partial charge in [0, 0.05) is 30.9 Å². The molecule has 1 aliphatic carbocycles. The van der Waals surface area contributed by atoms with Crippen molar-refractivity contribution in [3.8, 4) is 0 Å². The Hall–Kier alpha value is -1.52. The molecule has 0 N–H and O–H groups in total. The molecule has 5 heteroatoms. The van der Waals surface area contributed by atoms with Crippen LogP contribution in [0.3, 0.4) is 0 Å². The number of rotatable bonds is 2. The van der Waals surface area contributed by atoms with E-state index in [0.717, 1.165) is 18.9 Å². The van der Waals surface area contributed by atoms with E-state index in [0.29, 0.717) is 25.9 Å². The lowest BCUT2D eigenvalue weighted by Gasteiger charge is -2.36. The standard InChI is InChI=1S/C14H16F2N2O/c15-12-9-10(3-6-17-12)13(19)18-7-4-14(16,5-8-18)11-1-2-11/h3,6,9,11H,1-2,4-5,7-8H2. The number of amides is 1. The first-order valence-corrected chi connectivity index (χ1v) is 6.68. The second-order valence-corrected chi connectivity index (χ2v) is 5.47. The number of hydrogen-bond acceptors (Lipinski definition) is 2. The molecular weight excluding hydrogens is 250 g/mol. The van der Waals surface area contributed by atoms with Gasteiger partial charge in [0.1, 0.15) is 5.67 Å². The minimum Gasteiger partial charge on any atom is -0.338 e. The van der Waals surface area contributed by atoms with E-state index in [4.69, 9.17) is 0 Å². The van der Waals surface area contributed by atoms with Crippen LogP contribution in [0.1, 0.15) is 36.0 Å². The zero-order chi connectivity index (χ0) is 13.5. The Morgan fingerprint density at radius 3 is 2.63 bits per heavy atom. The first kappa shape index (κ1) is 12.5. The van der Waals surface area contributed by atoms with Gasteiger partial charge in [0.05, 0.1) is 0 Å². The van der Waals surface area contributed by atoms with Gasteiger partial charge in [-0.2, -0.15) is 4.39 Å². The molecule has 2 heterocycles. The molecule has 0 bridgehead atoms. The Morgan fingerprint density at radius 2 is 2.05 bits per heavy atom. The van der Waals surface area contributed by atoms with E-state index in [2.05, 4.69) is 4.98 Å². The molecule has 0 aromatic carbocycles. The summed E-state index contributed by atoms with van der Waals surface area (Å²) in [6.07, 6.45) is 4.02. The Balaban J connectivity index is 1.66. The molecule has 1 aromatic rings. The zero-order valence-corrected chi connectivity index (χ0v) is 10.6. The van der Waals surface area contributed by atoms with Gasteiger partial charge in [0.25, 0.3) is 5.91 Å². The second-order valence-electron chi connectivity index (χ2n) is 5.47. The molecule has 0 radical (unpaired) electrons. The zero-order valence-electron chi connectivity index (χ0n) is 10.6. The number of pyridine rings is 1. The van der Waals surface area contributed by atoms with Gasteiger partial charge >= 0.3 is 0 Å². The average Bonchev–Trinajstić information content (AvgIpc) is 3.23. The van der Waals surface area contributed by atoms with E-state index in [1.54, 1.807) is 4.90 Å². The molecule has 0 unspecified atom stereocenters. The van der Waals surface area contributed by atoms with Crippen LogP contribution in [-0.2, 0) is 0 Å². The fourth-order valence-corrected chi connectivity index (χ4v) is 2.81. The second kappa shape index (κ2) is 4.54. The van der Waals surface area contributed by atoms with Crippen molar-refractivity contribution in [2.45, 2.75) is 31.4 Å². The summed E-state index contributed by atoms with van der Waals surface area (Å²) in [7, 11) is 0. The number of hydrogen-bond donors (Lipinski definition) is 0. The van der Waals surface area contributed by atoms with Gasteiger partial charge in [0.15, 0.2) is 0 Å². The topological polar surface area (TPSA) is 33.2 Å². The number of aromatic nitrogens is 1. The fourth-order valence-electron chi connectivity index (χ4n) is 2.81. The van der Waals surface area contributed by atoms with Crippen molar-refractivity contribution in [3.05, 3.63) is 29.8 Å². The minimum atomic E-state index is -1.08. The van der Waals surface area contributed by atoms with Crippen LogP contribution < -0.4 is 0 Å². The third kappa shape index (κ3) is 2.46. The van der Waals surface area contributed by atoms with Crippen molar-refractivity contribution in [2.75, 3.05) is 13.1 Å². The van der Waals surface area contributed by atoms with Gasteiger partial charge in [-0.1, -0.05) is 0 Å². The number of carbonyl (C=O) groups is 1. The number of alkyl halides is 1. The van der Waals surface area contributed by atoms with Crippen molar-refractivity contribution in [1.82, 2.24) is 9.88 Å². The van der Waals surface area contributed by atoms with Crippen LogP contribution in [0.15, 0.2) is 18.3 Å². The Labute approximate surface area is 110 Å². The predicted octanol–water partition coefficient (Wildman–Crippen LogP) is 2.58. The molecule has 1 amide bonds. The van der Waals surface area contributed by atoms with Gasteiger partial charge in [-0.05, 0) is 37.7 Å². The van der Waals surface area contributed by atoms with E-state index in [1.807, 2.05) is 0 Å². The fraction of sp³-hybridized carbons (Fsp3) is 0.571. The highest BCUT2D eigenvalue weighted by Gasteiger charge is 2.47. The Bertz CT molecular complexity index is 494. The lowest BCUT2D eigenvalue weighted by Crippen LogP contribution is -2.45. The molecule has 102 valence electrons. The van der Waals surface area contributed by atoms with E-state index in [1.165, 1.54) is 12.3 Å². The SMILES string of the molecule is O=C(c1ccnc(F)c1)N1CCC(F)(C2CC2)CC1. The van der Waals surface area contributed by atoms with E-state index in [9.17, 15) is 13.6 Å². The molecule has 0 atom stereocenters. The predicted molar refractivity (Wildman–Crippen MR) is 65.9 cm³/mol. The van der Waals surface area contributed by atoms with Gasteiger partial charge < -0.3 is 4.90 Å². The molecule has 0 spiro atoms. The van der Waals surface area contributed by atoms with Crippen molar-refractivity contribution >= 4 is 5.91 Å². The highest BCUT2D eigenvalue weighted by Crippen LogP contribution is 2.47. The maximum atomic E-state index is 14.5. The van der Waals surface area contributed by atoms with Gasteiger partial charge in [0.2, 0.25) is 5.95 Å². The molecule has 3 rings (SSSR count). The van der Waals surface area contributed by atoms with Crippen LogP contribution in [0, 0.1) is 11.9 Å². The van der Waals surface area contributed by atoms with Gasteiger partial charge in [-0.15, -0.1) is 0 Å². The summed E-state index contributed by atoms with van der Waals surface area (Å²) < 4.78 is 27.4. The average molecular weight is 266 g/mol. The summed E-state index contributed by atoms with van der Waals surface area (Å²) in [6, 6.07) is 2.62. The van der Waals surface area contributed by atoms with E-state index >= 15 is 0 Å². The number of carbonyl (C=O) groups excluding carboxylic acids is 1. The highest BCUT2D eigenvalue weighted by atomic mass is 19.1. The van der Waals surface area contributed by atoms with Crippen LogP contribution in [0.2, 0.25) is 0 Å². The summed E-state index contributed by atoms with van der Waals surface area (Å²) >= 11 is 0. The molecular formula is C14H16F2N2O. The quantitative estimate of drug-likeness (QED) is 0.771. The Morgan fingerprint density at radius 1 is 1.37 bits per heavy atom. The normalized spacial score (nSPS) is 22.3. The highest BCUT2D eigenvalue weighted by molar-refractivity contribution is 5.94. The third-order valence-electron chi connectivity index (χ3n) is 4.16. The van der Waals surface area contributed by atoms with Gasteiger partial charge in [-0.3, -0.25) is 4.79 Å². The summed E-state index contributed by atoms with van der Waals surface area (Å²) in [5.41, 5.74) is -0.800. The lowest BCUT2D eigenvalue weighted by molar-refractivity contribution is 0.0329. The van der Waals surface area contributed by atoms with E-state index < -0.39 is 11.6 Å². The number of nitrogens with zero attached hydrogens (tertiary/aromatic N) is 2. The summed E-state index contributed by atoms with van der Waals surface area (Å²) in [6.45, 7) is 0.825. The maximum absolute atomic E-state index is 14.5. The first-order chi connectivity index (χ1) is 9.08. The third-order valence-corrected chi connectivity index (χ3v) is 4.16. The van der Waals surface area contributed by atoms with Crippen molar-refractivity contribution in [3.63, 3.8) is 0 Å². The van der Waals surface area contributed by atoms with Crippen LogP contribution in [0.25, 0.3) is 0 Å². The smallest absolute Gasteiger partial charge is 0.254 e. The number of halogens is 2. The minimum absolute atomic E-state index is 0.197. The largest absolute Gasteiger partial charge is 0.338 e. The van der Waals surface area contributed by atoms with Crippen LogP contribution in [-0.4, -0.2) is 34.5 Å². The monoisotopic (exact) mass is 266 g/mol. The van der Waals surface area contributed by atoms with Crippen molar-refractivity contribution in [1.29, 1.82) is 0 Å². The van der Waals surface area contributed by atoms with Crippen molar-refractivity contribution in [2.24, 2.45) is 5.92 Å². The molecule has 19 heavy (non-hydrogen) atoms. The summed E-state index contributed by atoms with van der Waals surface area (Å²) in [5, 5.41) is 0. The Kier molecular flexibility index (Phi) is 2.99. The molecule has 2 fully saturated rings. The van der Waals surface area contributed by atoms with Crippen molar-refractivity contribution < 1.29 is 13.6 Å². The summed E-state index contributed by atoms with van der Waals surface area (Å²) in [5.74, 6) is -0.706. The van der Waals surface area contributed by atoms with Crippen LogP contribution in [0.5, 0.6) is 0 Å². The lowest BCUT2D eigenvalue weighted by atomic mass is 9.88. The summed E-state index contributed by atoms with van der Waals surface area (Å²) in [4.78, 5) is 17.2. The van der Waals surface area contributed by atoms with Crippen LogP contribution in [0.4, 0.5) is 8.78 Å². The van der Waals surface area contributed by atoms with Gasteiger partial charge in [-0.25, -0.2) is 9.37 Å². The van der Waals surface area contributed by atoms with E-state index in [-0.39, 0.29) is 17.4 Å². The molecule has 2 aliphatic rings. The molecule has 1 saturated carbocycles. The molecule has 1 saturated heterocycles. The first-order valence-electron chi connectivity index (χ1n) is 6.68.